The van der Waals surface area contributed by atoms with Gasteiger partial charge in [0.05, 0.1) is 17.4 Å². The van der Waals surface area contributed by atoms with Gasteiger partial charge in [0.1, 0.15) is 17.6 Å². The summed E-state index contributed by atoms with van der Waals surface area (Å²) in [6.07, 6.45) is 0.983. The second kappa shape index (κ2) is 5.27. The Hall–Kier alpha value is -2.74. The zero-order valence-electron chi connectivity index (χ0n) is 10.2. The maximum atomic E-state index is 12.8. The third-order valence-electron chi connectivity index (χ3n) is 2.64. The number of halogens is 1. The van der Waals surface area contributed by atoms with Crippen molar-refractivity contribution in [1.82, 2.24) is 4.98 Å². The van der Waals surface area contributed by atoms with Crippen molar-refractivity contribution < 1.29 is 9.18 Å². The molecule has 5 heteroatoms. The van der Waals surface area contributed by atoms with E-state index in [9.17, 15) is 9.18 Å². The van der Waals surface area contributed by atoms with E-state index < -0.39 is 11.7 Å². The number of nitrogens with zero attached hydrogens (tertiary/aromatic N) is 3. The largest absolute Gasteiger partial charge is 0.309 e. The molecule has 0 N–H and O–H groups in total. The normalized spacial score (nSPS) is 9.74. The van der Waals surface area contributed by atoms with Gasteiger partial charge in [-0.05, 0) is 24.3 Å². The number of amides is 1. The number of rotatable bonds is 2. The lowest BCUT2D eigenvalue weighted by atomic mass is 10.1. The molecular weight excluding hydrogens is 245 g/mol. The summed E-state index contributed by atoms with van der Waals surface area (Å²) in [5.41, 5.74) is 0.998. The van der Waals surface area contributed by atoms with Crippen LogP contribution >= 0.6 is 0 Å². The first-order chi connectivity index (χ1) is 9.13. The molecule has 0 bridgehead atoms. The first-order valence-corrected chi connectivity index (χ1v) is 5.52. The predicted octanol–water partition coefficient (Wildman–Crippen LogP) is 2.37. The number of nitriles is 1. The molecule has 0 aliphatic carbocycles. The van der Waals surface area contributed by atoms with Crippen LogP contribution < -0.4 is 4.90 Å². The van der Waals surface area contributed by atoms with Gasteiger partial charge in [-0.25, -0.2) is 9.37 Å². The van der Waals surface area contributed by atoms with Gasteiger partial charge in [-0.15, -0.1) is 0 Å². The summed E-state index contributed by atoms with van der Waals surface area (Å²) in [5, 5.41) is 9.00. The summed E-state index contributed by atoms with van der Waals surface area (Å²) in [6, 6.07) is 11.2. The van der Waals surface area contributed by atoms with Crippen molar-refractivity contribution in [2.45, 2.75) is 0 Å². The number of anilines is 1. The van der Waals surface area contributed by atoms with Gasteiger partial charge in [0, 0.05) is 7.05 Å². The number of pyridine rings is 1. The quantitative estimate of drug-likeness (QED) is 0.827. The molecule has 0 aliphatic rings. The molecule has 0 spiro atoms. The summed E-state index contributed by atoms with van der Waals surface area (Å²) in [4.78, 5) is 17.2. The van der Waals surface area contributed by atoms with Crippen LogP contribution in [0.2, 0.25) is 0 Å². The van der Waals surface area contributed by atoms with Crippen LogP contribution in [0.3, 0.4) is 0 Å². The lowest BCUT2D eigenvalue weighted by Gasteiger charge is -2.17. The highest BCUT2D eigenvalue weighted by molar-refractivity contribution is 6.05. The molecule has 2 rings (SSSR count). The summed E-state index contributed by atoms with van der Waals surface area (Å²) < 4.78 is 12.8. The van der Waals surface area contributed by atoms with Gasteiger partial charge in [-0.2, -0.15) is 5.26 Å². The van der Waals surface area contributed by atoms with Crippen molar-refractivity contribution >= 4 is 11.6 Å². The third-order valence-corrected chi connectivity index (χ3v) is 2.64. The zero-order valence-corrected chi connectivity index (χ0v) is 10.2. The molecule has 0 unspecified atom stereocenters. The molecule has 1 aromatic heterocycles. The van der Waals surface area contributed by atoms with Crippen molar-refractivity contribution in [3.05, 3.63) is 59.7 Å². The fourth-order valence-electron chi connectivity index (χ4n) is 1.64. The van der Waals surface area contributed by atoms with Crippen LogP contribution in [0.1, 0.15) is 16.1 Å². The molecule has 1 aromatic carbocycles. The van der Waals surface area contributed by atoms with E-state index in [2.05, 4.69) is 4.98 Å². The van der Waals surface area contributed by atoms with Gasteiger partial charge in [0.25, 0.3) is 5.91 Å². The highest BCUT2D eigenvalue weighted by Gasteiger charge is 2.17. The van der Waals surface area contributed by atoms with Crippen molar-refractivity contribution in [2.75, 3.05) is 11.9 Å². The Morgan fingerprint density at radius 3 is 2.68 bits per heavy atom. The van der Waals surface area contributed by atoms with E-state index in [0.29, 0.717) is 11.3 Å². The van der Waals surface area contributed by atoms with Crippen molar-refractivity contribution in [3.63, 3.8) is 0 Å². The lowest BCUT2D eigenvalue weighted by molar-refractivity contribution is 0.0988. The van der Waals surface area contributed by atoms with Crippen LogP contribution in [0.15, 0.2) is 42.6 Å². The fourth-order valence-corrected chi connectivity index (χ4v) is 1.64. The van der Waals surface area contributed by atoms with Gasteiger partial charge < -0.3 is 4.90 Å². The van der Waals surface area contributed by atoms with Crippen LogP contribution in [0.25, 0.3) is 0 Å². The monoisotopic (exact) mass is 255 g/mol. The predicted molar refractivity (Wildman–Crippen MR) is 68.1 cm³/mol. The van der Waals surface area contributed by atoms with E-state index in [1.165, 1.54) is 17.0 Å². The lowest BCUT2D eigenvalue weighted by Crippen LogP contribution is -2.27. The SMILES string of the molecule is CN(C(=O)c1ccc(F)cn1)c1ccccc1C#N. The number of benzene rings is 1. The number of hydrogen-bond acceptors (Lipinski definition) is 3. The molecule has 0 aliphatic heterocycles. The smallest absolute Gasteiger partial charge is 0.276 e. The Bertz CT molecular complexity index is 646. The molecule has 0 fully saturated rings. The molecule has 1 heterocycles. The van der Waals surface area contributed by atoms with Gasteiger partial charge >= 0.3 is 0 Å². The van der Waals surface area contributed by atoms with E-state index in [-0.39, 0.29) is 5.69 Å². The molecule has 0 radical (unpaired) electrons. The van der Waals surface area contributed by atoms with Gasteiger partial charge in [0.2, 0.25) is 0 Å². The Morgan fingerprint density at radius 1 is 1.32 bits per heavy atom. The van der Waals surface area contributed by atoms with E-state index in [1.54, 1.807) is 31.3 Å². The Morgan fingerprint density at radius 2 is 2.05 bits per heavy atom. The van der Waals surface area contributed by atoms with E-state index in [4.69, 9.17) is 5.26 Å². The highest BCUT2D eigenvalue weighted by Crippen LogP contribution is 2.19. The maximum Gasteiger partial charge on any atom is 0.276 e. The second-order valence-corrected chi connectivity index (χ2v) is 3.85. The molecule has 2 aromatic rings. The van der Waals surface area contributed by atoms with E-state index in [1.807, 2.05) is 6.07 Å². The zero-order chi connectivity index (χ0) is 13.8. The standard InChI is InChI=1S/C14H10FN3O/c1-18(13-5-3-2-4-10(13)8-16)14(19)12-7-6-11(15)9-17-12/h2-7,9H,1H3. The van der Waals surface area contributed by atoms with Crippen molar-refractivity contribution in [2.24, 2.45) is 0 Å². The fraction of sp³-hybridized carbons (Fsp3) is 0.0714. The van der Waals surface area contributed by atoms with Crippen LogP contribution in [0, 0.1) is 17.1 Å². The molecule has 4 nitrogen and oxygen atoms in total. The molecule has 0 saturated heterocycles. The number of para-hydroxylation sites is 1. The van der Waals surface area contributed by atoms with Crippen LogP contribution in [-0.2, 0) is 0 Å². The summed E-state index contributed by atoms with van der Waals surface area (Å²) in [6.45, 7) is 0. The topological polar surface area (TPSA) is 57.0 Å². The molecular formula is C14H10FN3O. The third kappa shape index (κ3) is 2.58. The number of aromatic nitrogens is 1. The summed E-state index contributed by atoms with van der Waals surface area (Å²) >= 11 is 0. The molecule has 0 saturated carbocycles. The molecule has 1 amide bonds. The number of carbonyl (C=O) groups is 1. The highest BCUT2D eigenvalue weighted by atomic mass is 19.1. The van der Waals surface area contributed by atoms with Crippen molar-refractivity contribution in [3.8, 4) is 6.07 Å². The molecule has 0 atom stereocenters. The Labute approximate surface area is 109 Å². The van der Waals surface area contributed by atoms with Gasteiger partial charge in [-0.3, -0.25) is 4.79 Å². The molecule has 19 heavy (non-hydrogen) atoms. The van der Waals surface area contributed by atoms with Gasteiger partial charge in [0.15, 0.2) is 0 Å². The summed E-state index contributed by atoms with van der Waals surface area (Å²) in [5.74, 6) is -0.903. The maximum absolute atomic E-state index is 12.8. The Balaban J connectivity index is 2.34. The minimum atomic E-state index is -0.503. The van der Waals surface area contributed by atoms with Crippen LogP contribution in [-0.4, -0.2) is 17.9 Å². The average molecular weight is 255 g/mol. The van der Waals surface area contributed by atoms with Crippen molar-refractivity contribution in [1.29, 1.82) is 5.26 Å². The Kier molecular flexibility index (Phi) is 3.53. The second-order valence-electron chi connectivity index (χ2n) is 3.85. The number of hydrogen-bond donors (Lipinski definition) is 0. The van der Waals surface area contributed by atoms with Crippen LogP contribution in [0.4, 0.5) is 10.1 Å². The minimum Gasteiger partial charge on any atom is -0.309 e. The molecule has 94 valence electrons. The minimum absolute atomic E-state index is 0.122. The summed E-state index contributed by atoms with van der Waals surface area (Å²) in [7, 11) is 1.55. The number of carbonyl (C=O) groups excluding carboxylic acids is 1. The average Bonchev–Trinajstić information content (AvgIpc) is 2.46. The van der Waals surface area contributed by atoms with Gasteiger partial charge in [-0.1, -0.05) is 12.1 Å². The van der Waals surface area contributed by atoms with E-state index in [0.717, 1.165) is 6.20 Å². The van der Waals surface area contributed by atoms with E-state index >= 15 is 0 Å². The van der Waals surface area contributed by atoms with Crippen LogP contribution in [0.5, 0.6) is 0 Å². The first kappa shape index (κ1) is 12.7. The first-order valence-electron chi connectivity index (χ1n) is 5.52.